The number of ether oxygens (including phenoxy) is 1. The van der Waals surface area contributed by atoms with E-state index in [1.54, 1.807) is 12.1 Å². The van der Waals surface area contributed by atoms with Gasteiger partial charge < -0.3 is 14.7 Å². The molecule has 0 aliphatic carbocycles. The lowest BCUT2D eigenvalue weighted by Crippen LogP contribution is -2.45. The van der Waals surface area contributed by atoms with Crippen molar-refractivity contribution in [2.75, 3.05) is 19.7 Å². The van der Waals surface area contributed by atoms with Crippen LogP contribution in [-0.4, -0.2) is 35.6 Å². The number of hydrogen-bond acceptors (Lipinski definition) is 3. The Bertz CT molecular complexity index is 811. The predicted molar refractivity (Wildman–Crippen MR) is 101 cm³/mol. The summed E-state index contributed by atoms with van der Waals surface area (Å²) in [6.45, 7) is 1.83. The fourth-order valence-electron chi connectivity index (χ4n) is 3.78. The van der Waals surface area contributed by atoms with Crippen molar-refractivity contribution in [1.29, 1.82) is 0 Å². The molecule has 4 nitrogen and oxygen atoms in total. The number of benzene rings is 2. The Labute approximate surface area is 158 Å². The number of carbonyl (C=O) groups excluding carboxylic acids is 1. The van der Waals surface area contributed by atoms with Gasteiger partial charge in [0, 0.05) is 24.5 Å². The molecular weight excluding hydrogens is 350 g/mol. The van der Waals surface area contributed by atoms with Crippen LogP contribution in [0.4, 0.5) is 0 Å². The highest BCUT2D eigenvalue weighted by Gasteiger charge is 2.35. The average Bonchev–Trinajstić information content (AvgIpc) is 3.10. The van der Waals surface area contributed by atoms with Gasteiger partial charge in [0.1, 0.15) is 5.75 Å². The second-order valence-corrected chi connectivity index (χ2v) is 7.57. The predicted octanol–water partition coefficient (Wildman–Crippen LogP) is 3.33. The van der Waals surface area contributed by atoms with Gasteiger partial charge in [-0.3, -0.25) is 4.79 Å². The minimum atomic E-state index is -0.886. The van der Waals surface area contributed by atoms with E-state index in [2.05, 4.69) is 6.07 Å². The van der Waals surface area contributed by atoms with Crippen molar-refractivity contribution in [3.63, 3.8) is 0 Å². The third-order valence-electron chi connectivity index (χ3n) is 5.44. The maximum absolute atomic E-state index is 12.6. The van der Waals surface area contributed by atoms with E-state index in [1.165, 1.54) is 5.56 Å². The van der Waals surface area contributed by atoms with E-state index >= 15 is 0 Å². The van der Waals surface area contributed by atoms with Gasteiger partial charge in [-0.25, -0.2) is 0 Å². The molecule has 2 aliphatic rings. The van der Waals surface area contributed by atoms with Crippen LogP contribution in [0.5, 0.6) is 5.75 Å². The highest BCUT2D eigenvalue weighted by atomic mass is 35.5. The molecule has 1 N–H and O–H groups in total. The van der Waals surface area contributed by atoms with Crippen molar-refractivity contribution >= 4 is 17.5 Å². The Hall–Kier alpha value is -2.04. The number of aliphatic hydroxyl groups is 1. The molecular formula is C21H22ClNO3. The lowest BCUT2D eigenvalue weighted by molar-refractivity contribution is -0.135. The van der Waals surface area contributed by atoms with Gasteiger partial charge in [-0.05, 0) is 47.7 Å². The molecule has 0 radical (unpaired) electrons. The van der Waals surface area contributed by atoms with Crippen LogP contribution in [0.3, 0.4) is 0 Å². The summed E-state index contributed by atoms with van der Waals surface area (Å²) >= 11 is 5.93. The second kappa shape index (κ2) is 6.93. The van der Waals surface area contributed by atoms with Crippen LogP contribution in [0, 0.1) is 0 Å². The van der Waals surface area contributed by atoms with Crippen molar-refractivity contribution in [2.24, 2.45) is 0 Å². The molecule has 5 heteroatoms. The number of halogens is 1. The normalized spacial score (nSPS) is 18.3. The van der Waals surface area contributed by atoms with Crippen LogP contribution < -0.4 is 4.74 Å². The molecule has 0 unspecified atom stereocenters. The Balaban J connectivity index is 1.38. The molecule has 0 aromatic heterocycles. The Morgan fingerprint density at radius 1 is 1.15 bits per heavy atom. The molecule has 26 heavy (non-hydrogen) atoms. The Kier molecular flexibility index (Phi) is 4.63. The van der Waals surface area contributed by atoms with Crippen LogP contribution in [0.25, 0.3) is 0 Å². The molecule has 0 bridgehead atoms. The summed E-state index contributed by atoms with van der Waals surface area (Å²) in [5, 5.41) is 11.6. The van der Waals surface area contributed by atoms with Crippen LogP contribution in [0.1, 0.15) is 29.5 Å². The minimum absolute atomic E-state index is 0.0982. The van der Waals surface area contributed by atoms with E-state index in [-0.39, 0.29) is 5.91 Å². The zero-order valence-corrected chi connectivity index (χ0v) is 15.3. The van der Waals surface area contributed by atoms with Crippen molar-refractivity contribution < 1.29 is 14.6 Å². The van der Waals surface area contributed by atoms with E-state index in [0.717, 1.165) is 29.9 Å². The summed E-state index contributed by atoms with van der Waals surface area (Å²) in [5.41, 5.74) is 2.18. The molecule has 0 atom stereocenters. The topological polar surface area (TPSA) is 49.8 Å². The molecule has 2 aliphatic heterocycles. The quantitative estimate of drug-likeness (QED) is 0.900. The zero-order chi connectivity index (χ0) is 18.1. The zero-order valence-electron chi connectivity index (χ0n) is 14.6. The second-order valence-electron chi connectivity index (χ2n) is 7.14. The van der Waals surface area contributed by atoms with Crippen LogP contribution in [-0.2, 0) is 23.2 Å². The van der Waals surface area contributed by atoms with E-state index in [9.17, 15) is 9.90 Å². The smallest absolute Gasteiger partial charge is 0.226 e. The van der Waals surface area contributed by atoms with E-state index in [0.29, 0.717) is 37.4 Å². The number of rotatable bonds is 3. The maximum Gasteiger partial charge on any atom is 0.226 e. The molecule has 2 aromatic carbocycles. The first-order valence-electron chi connectivity index (χ1n) is 9.04. The average molecular weight is 372 g/mol. The van der Waals surface area contributed by atoms with Crippen molar-refractivity contribution in [3.05, 3.63) is 64.2 Å². The first-order valence-corrected chi connectivity index (χ1v) is 9.42. The van der Waals surface area contributed by atoms with E-state index in [1.807, 2.05) is 29.2 Å². The first-order chi connectivity index (χ1) is 12.5. The van der Waals surface area contributed by atoms with E-state index in [4.69, 9.17) is 16.3 Å². The minimum Gasteiger partial charge on any atom is -0.493 e. The lowest BCUT2D eigenvalue weighted by atomic mass is 9.84. The van der Waals surface area contributed by atoms with Gasteiger partial charge in [0.15, 0.2) is 0 Å². The van der Waals surface area contributed by atoms with Gasteiger partial charge in [-0.2, -0.15) is 0 Å². The number of piperidine rings is 1. The number of carbonyl (C=O) groups is 1. The summed E-state index contributed by atoms with van der Waals surface area (Å²) in [6.07, 6.45) is 2.39. The van der Waals surface area contributed by atoms with Gasteiger partial charge >= 0.3 is 0 Å². The molecule has 1 amide bonds. The largest absolute Gasteiger partial charge is 0.493 e. The SMILES string of the molecule is O=C(Cc1ccc2c(c1)OCC2)N1CCC(O)(c2ccc(Cl)cc2)CC1. The van der Waals surface area contributed by atoms with Gasteiger partial charge in [0.05, 0.1) is 18.6 Å². The van der Waals surface area contributed by atoms with Crippen LogP contribution in [0.2, 0.25) is 5.02 Å². The molecule has 0 saturated carbocycles. The summed E-state index contributed by atoms with van der Waals surface area (Å²) in [4.78, 5) is 14.5. The third-order valence-corrected chi connectivity index (χ3v) is 5.69. The standard InChI is InChI=1S/C21H22ClNO3/c22-18-5-3-17(4-6-18)21(25)8-10-23(11-9-21)20(24)14-15-1-2-16-7-12-26-19(16)13-15/h1-6,13,25H,7-12,14H2. The highest BCUT2D eigenvalue weighted by Crippen LogP contribution is 2.34. The van der Waals surface area contributed by atoms with Gasteiger partial charge in [-0.15, -0.1) is 0 Å². The van der Waals surface area contributed by atoms with Gasteiger partial charge in [-0.1, -0.05) is 35.9 Å². The first kappa shape index (κ1) is 17.4. The Morgan fingerprint density at radius 2 is 1.88 bits per heavy atom. The fourth-order valence-corrected chi connectivity index (χ4v) is 3.91. The van der Waals surface area contributed by atoms with Crippen LogP contribution in [0.15, 0.2) is 42.5 Å². The maximum atomic E-state index is 12.6. The van der Waals surface area contributed by atoms with Crippen molar-refractivity contribution in [1.82, 2.24) is 4.90 Å². The number of likely N-dealkylation sites (tertiary alicyclic amines) is 1. The molecule has 1 fully saturated rings. The highest BCUT2D eigenvalue weighted by molar-refractivity contribution is 6.30. The number of amides is 1. The molecule has 2 aromatic rings. The molecule has 136 valence electrons. The lowest BCUT2D eigenvalue weighted by Gasteiger charge is -2.38. The number of nitrogens with zero attached hydrogens (tertiary/aromatic N) is 1. The molecule has 1 saturated heterocycles. The molecule has 0 spiro atoms. The fraction of sp³-hybridized carbons (Fsp3) is 0.381. The monoisotopic (exact) mass is 371 g/mol. The summed E-state index contributed by atoms with van der Waals surface area (Å²) < 4.78 is 5.58. The van der Waals surface area contributed by atoms with Crippen molar-refractivity contribution in [2.45, 2.75) is 31.3 Å². The van der Waals surface area contributed by atoms with Gasteiger partial charge in [0.25, 0.3) is 0 Å². The summed E-state index contributed by atoms with van der Waals surface area (Å²) in [6, 6.07) is 13.4. The third kappa shape index (κ3) is 3.44. The molecule has 4 rings (SSSR count). The van der Waals surface area contributed by atoms with E-state index < -0.39 is 5.60 Å². The summed E-state index contributed by atoms with van der Waals surface area (Å²) in [5.74, 6) is 1.01. The van der Waals surface area contributed by atoms with Crippen molar-refractivity contribution in [3.8, 4) is 5.75 Å². The number of fused-ring (bicyclic) bond motifs is 1. The Morgan fingerprint density at radius 3 is 2.62 bits per heavy atom. The summed E-state index contributed by atoms with van der Waals surface area (Å²) in [7, 11) is 0. The molecule has 2 heterocycles. The van der Waals surface area contributed by atoms with Crippen LogP contribution >= 0.6 is 11.6 Å². The van der Waals surface area contributed by atoms with Gasteiger partial charge in [0.2, 0.25) is 5.91 Å². The number of hydrogen-bond donors (Lipinski definition) is 1.